The third kappa shape index (κ3) is 3.87. The lowest BCUT2D eigenvalue weighted by atomic mass is 9.45. The van der Waals surface area contributed by atoms with Gasteiger partial charge < -0.3 is 5.21 Å². The van der Waals surface area contributed by atoms with Crippen LogP contribution in [-0.4, -0.2) is 23.0 Å². The molecule has 0 bridgehead atoms. The predicted molar refractivity (Wildman–Crippen MR) is 134 cm³/mol. The molecule has 0 unspecified atom stereocenters. The summed E-state index contributed by atoms with van der Waals surface area (Å²) >= 11 is 0. The lowest BCUT2D eigenvalue weighted by Crippen LogP contribution is -2.52. The third-order valence-electron chi connectivity index (χ3n) is 10.5. The van der Waals surface area contributed by atoms with Gasteiger partial charge in [0.2, 0.25) is 0 Å². The summed E-state index contributed by atoms with van der Waals surface area (Å²) in [5.74, 6) is 2.97. The number of carbonyl (C=O) groups excluding carboxylic acids is 2. The van der Waals surface area contributed by atoms with Crippen molar-refractivity contribution in [3.05, 3.63) is 47.0 Å². The average molecular weight is 462 g/mol. The Bertz CT molecular complexity index is 1010. The molecule has 6 atom stereocenters. The number of benzene rings is 1. The Morgan fingerprint density at radius 2 is 1.88 bits per heavy atom. The molecule has 4 heteroatoms. The molecule has 34 heavy (non-hydrogen) atoms. The van der Waals surface area contributed by atoms with Gasteiger partial charge in [-0.1, -0.05) is 41.9 Å². The first-order valence-corrected chi connectivity index (χ1v) is 13.4. The number of fused-ring (bicyclic) bond motifs is 5. The Kier molecular flexibility index (Phi) is 6.29. The molecule has 1 aromatic rings. The zero-order valence-electron chi connectivity index (χ0n) is 20.8. The minimum Gasteiger partial charge on any atom is -0.411 e. The van der Waals surface area contributed by atoms with E-state index < -0.39 is 0 Å². The molecule has 4 nitrogen and oxygen atoms in total. The Hall–Kier alpha value is -2.23. The lowest BCUT2D eigenvalue weighted by Gasteiger charge is -2.59. The van der Waals surface area contributed by atoms with Crippen LogP contribution >= 0.6 is 0 Å². The molecule has 1 N–H and O–H groups in total. The molecule has 0 amide bonds. The van der Waals surface area contributed by atoms with Gasteiger partial charge in [0.25, 0.3) is 0 Å². The van der Waals surface area contributed by atoms with Crippen molar-refractivity contribution in [3.63, 3.8) is 0 Å². The molecule has 182 valence electrons. The van der Waals surface area contributed by atoms with Gasteiger partial charge in [0.1, 0.15) is 5.78 Å². The highest BCUT2D eigenvalue weighted by molar-refractivity contribution is 5.91. The fourth-order valence-electron chi connectivity index (χ4n) is 8.92. The number of allylic oxidation sites excluding steroid dienone is 1. The van der Waals surface area contributed by atoms with Crippen LogP contribution in [0.25, 0.3) is 0 Å². The van der Waals surface area contributed by atoms with Gasteiger partial charge >= 0.3 is 0 Å². The maximum absolute atomic E-state index is 12.8. The van der Waals surface area contributed by atoms with Gasteiger partial charge in [-0.3, -0.25) is 9.59 Å². The van der Waals surface area contributed by atoms with Gasteiger partial charge in [0.15, 0.2) is 5.78 Å². The minimum absolute atomic E-state index is 0.165. The molecule has 0 spiro atoms. The van der Waals surface area contributed by atoms with E-state index in [0.717, 1.165) is 44.1 Å². The highest BCUT2D eigenvalue weighted by Crippen LogP contribution is 2.68. The molecule has 4 aliphatic carbocycles. The molecule has 0 aromatic heterocycles. The standard InChI is InChI=1S/C30H39NO3/c1-20(32)26-11-12-28-25-10-9-23-18-24(33)13-16-29(23,2)27(25)14-17-30(26,28)15-3-4-21-5-7-22(8-6-21)19-31-34/h5-8,18-19,25-28,34H,3-4,9-17H2,1-2H3/b31-19+/t25-,26-,27-,28+,29-,30-/m1/s1. The maximum Gasteiger partial charge on any atom is 0.155 e. The van der Waals surface area contributed by atoms with Crippen molar-refractivity contribution >= 4 is 17.8 Å². The van der Waals surface area contributed by atoms with Crippen LogP contribution in [0.5, 0.6) is 0 Å². The molecule has 0 radical (unpaired) electrons. The van der Waals surface area contributed by atoms with Crippen molar-refractivity contribution in [3.8, 4) is 0 Å². The Labute approximate surface area is 203 Å². The second-order valence-electron chi connectivity index (χ2n) is 11.8. The fourth-order valence-corrected chi connectivity index (χ4v) is 8.92. The van der Waals surface area contributed by atoms with Crippen LogP contribution in [0.1, 0.15) is 89.2 Å². The summed E-state index contributed by atoms with van der Waals surface area (Å²) in [6.07, 6.45) is 15.4. The zero-order chi connectivity index (χ0) is 23.9. The van der Waals surface area contributed by atoms with Gasteiger partial charge in [-0.25, -0.2) is 0 Å². The Morgan fingerprint density at radius 1 is 1.09 bits per heavy atom. The molecule has 5 rings (SSSR count). The van der Waals surface area contributed by atoms with Crippen LogP contribution in [-0.2, 0) is 16.0 Å². The topological polar surface area (TPSA) is 66.7 Å². The summed E-state index contributed by atoms with van der Waals surface area (Å²) in [6.45, 7) is 4.27. The first-order valence-electron chi connectivity index (χ1n) is 13.4. The van der Waals surface area contributed by atoms with Crippen LogP contribution in [0.15, 0.2) is 41.1 Å². The smallest absolute Gasteiger partial charge is 0.155 e. The first kappa shape index (κ1) is 23.5. The molecule has 0 heterocycles. The van der Waals surface area contributed by atoms with Gasteiger partial charge in [-0.05, 0) is 117 Å². The second kappa shape index (κ2) is 9.09. The SMILES string of the molecule is CC(=O)[C@H]1CC[C@H]2[C@@H]3CCC4=CC(=O)CC[C@@]4(C)[C@@H]3CC[C@]12CCCc1ccc(/C=N/O)cc1. The number of carbonyl (C=O) groups is 2. The number of hydrogen-bond donors (Lipinski definition) is 1. The molecular weight excluding hydrogens is 422 g/mol. The normalized spacial score (nSPS) is 37.1. The molecular formula is C30H39NO3. The van der Waals surface area contributed by atoms with Crippen LogP contribution in [0.2, 0.25) is 0 Å². The van der Waals surface area contributed by atoms with E-state index in [4.69, 9.17) is 5.21 Å². The summed E-state index contributed by atoms with van der Waals surface area (Å²) in [5, 5.41) is 11.8. The Morgan fingerprint density at radius 3 is 2.62 bits per heavy atom. The van der Waals surface area contributed by atoms with Gasteiger partial charge in [-0.15, -0.1) is 0 Å². The Balaban J connectivity index is 1.35. The zero-order valence-corrected chi connectivity index (χ0v) is 20.8. The third-order valence-corrected chi connectivity index (χ3v) is 10.5. The quantitative estimate of drug-likeness (QED) is 0.297. The summed E-state index contributed by atoms with van der Waals surface area (Å²) in [6, 6.07) is 8.25. The van der Waals surface area contributed by atoms with Crippen molar-refractivity contribution in [2.75, 3.05) is 0 Å². The summed E-state index contributed by atoms with van der Waals surface area (Å²) in [7, 11) is 0. The average Bonchev–Trinajstić information content (AvgIpc) is 3.21. The van der Waals surface area contributed by atoms with Gasteiger partial charge in [0, 0.05) is 12.3 Å². The van der Waals surface area contributed by atoms with E-state index in [1.807, 2.05) is 25.1 Å². The highest BCUT2D eigenvalue weighted by atomic mass is 16.4. The van der Waals surface area contributed by atoms with E-state index >= 15 is 0 Å². The van der Waals surface area contributed by atoms with Crippen molar-refractivity contribution in [1.29, 1.82) is 0 Å². The number of nitrogens with zero attached hydrogens (tertiary/aromatic N) is 1. The van der Waals surface area contributed by atoms with Crippen molar-refractivity contribution < 1.29 is 14.8 Å². The van der Waals surface area contributed by atoms with E-state index in [2.05, 4.69) is 24.2 Å². The number of Topliss-reactive ketones (excluding diaryl/α,β-unsaturated/α-hetero) is 1. The number of hydrogen-bond acceptors (Lipinski definition) is 4. The molecule has 0 saturated heterocycles. The number of aryl methyl sites for hydroxylation is 1. The summed E-state index contributed by atoms with van der Waals surface area (Å²) in [4.78, 5) is 25.0. The van der Waals surface area contributed by atoms with Crippen LogP contribution < -0.4 is 0 Å². The summed E-state index contributed by atoms with van der Waals surface area (Å²) in [5.41, 5.74) is 3.99. The molecule has 1 aromatic carbocycles. The van der Waals surface area contributed by atoms with Crippen molar-refractivity contribution in [1.82, 2.24) is 0 Å². The largest absolute Gasteiger partial charge is 0.411 e. The number of ketones is 2. The van der Waals surface area contributed by atoms with E-state index in [1.165, 1.54) is 43.0 Å². The first-order chi connectivity index (χ1) is 16.4. The summed E-state index contributed by atoms with van der Waals surface area (Å²) < 4.78 is 0. The van der Waals surface area contributed by atoms with E-state index in [0.29, 0.717) is 35.7 Å². The van der Waals surface area contributed by atoms with Crippen LogP contribution in [0.3, 0.4) is 0 Å². The predicted octanol–water partition coefficient (Wildman–Crippen LogP) is 6.53. The number of rotatable bonds is 6. The number of oxime groups is 1. The van der Waals surface area contributed by atoms with Crippen molar-refractivity contribution in [2.45, 2.75) is 84.5 Å². The van der Waals surface area contributed by atoms with E-state index in [-0.39, 0.29) is 16.7 Å². The fraction of sp³-hybridized carbons (Fsp3) is 0.633. The molecule has 3 saturated carbocycles. The van der Waals surface area contributed by atoms with E-state index in [1.54, 1.807) is 0 Å². The molecule has 0 aliphatic heterocycles. The van der Waals surface area contributed by atoms with E-state index in [9.17, 15) is 9.59 Å². The van der Waals surface area contributed by atoms with Crippen LogP contribution in [0, 0.1) is 34.5 Å². The highest BCUT2D eigenvalue weighted by Gasteiger charge is 2.61. The van der Waals surface area contributed by atoms with Crippen LogP contribution in [0.4, 0.5) is 0 Å². The van der Waals surface area contributed by atoms with Gasteiger partial charge in [-0.2, -0.15) is 0 Å². The monoisotopic (exact) mass is 461 g/mol. The lowest BCUT2D eigenvalue weighted by molar-refractivity contribution is -0.130. The maximum atomic E-state index is 12.8. The van der Waals surface area contributed by atoms with Gasteiger partial charge in [0.05, 0.1) is 6.21 Å². The minimum atomic E-state index is 0.165. The molecule has 4 aliphatic rings. The second-order valence-corrected chi connectivity index (χ2v) is 11.8. The molecule has 3 fully saturated rings. The van der Waals surface area contributed by atoms with Crippen molar-refractivity contribution in [2.24, 2.45) is 39.7 Å².